The number of halogens is 1. The third kappa shape index (κ3) is 2.24. The molecule has 0 aromatic carbocycles. The smallest absolute Gasteiger partial charge is 0.234 e. The van der Waals surface area contributed by atoms with E-state index in [4.69, 9.17) is 0 Å². The van der Waals surface area contributed by atoms with Crippen LogP contribution in [0.25, 0.3) is 0 Å². The summed E-state index contributed by atoms with van der Waals surface area (Å²) < 4.78 is 0. The van der Waals surface area contributed by atoms with Gasteiger partial charge >= 0.3 is 0 Å². The zero-order valence-electron chi connectivity index (χ0n) is 10.0. The predicted octanol–water partition coefficient (Wildman–Crippen LogP) is 1.68. The number of nitrogens with zero attached hydrogens (tertiary/aromatic N) is 2. The summed E-state index contributed by atoms with van der Waals surface area (Å²) in [6.45, 7) is 1.78. The van der Waals surface area contributed by atoms with Gasteiger partial charge in [0.2, 0.25) is 11.0 Å². The zero-order chi connectivity index (χ0) is 11.7. The highest BCUT2D eigenvalue weighted by Crippen LogP contribution is 2.44. The lowest BCUT2D eigenvalue weighted by Crippen LogP contribution is -2.44. The number of nitrogens with one attached hydrogen (secondary N) is 2. The maximum absolute atomic E-state index is 12.5. The first kappa shape index (κ1) is 13.7. The molecule has 0 spiro atoms. The fourth-order valence-corrected chi connectivity index (χ4v) is 3.58. The Morgan fingerprint density at radius 3 is 3.22 bits per heavy atom. The van der Waals surface area contributed by atoms with E-state index in [-0.39, 0.29) is 23.7 Å². The van der Waals surface area contributed by atoms with Crippen LogP contribution in [0.4, 0.5) is 5.13 Å². The lowest BCUT2D eigenvalue weighted by Gasteiger charge is -2.36. The average molecular weight is 289 g/mol. The first-order valence-electron chi connectivity index (χ1n) is 6.10. The van der Waals surface area contributed by atoms with E-state index in [1.807, 2.05) is 0 Å². The van der Waals surface area contributed by atoms with Gasteiger partial charge < -0.3 is 5.32 Å². The van der Waals surface area contributed by atoms with Crippen molar-refractivity contribution >= 4 is 34.8 Å². The Kier molecular flexibility index (Phi) is 4.19. The van der Waals surface area contributed by atoms with Gasteiger partial charge in [-0.05, 0) is 25.3 Å². The summed E-state index contributed by atoms with van der Waals surface area (Å²) in [4.78, 5) is 12.5. The van der Waals surface area contributed by atoms with E-state index in [2.05, 4.69) is 20.8 Å². The van der Waals surface area contributed by atoms with Gasteiger partial charge in [0.05, 0.1) is 5.41 Å². The molecule has 2 atom stereocenters. The zero-order valence-corrected chi connectivity index (χ0v) is 11.6. The second-order valence-corrected chi connectivity index (χ2v) is 5.76. The lowest BCUT2D eigenvalue weighted by molar-refractivity contribution is -0.128. The van der Waals surface area contributed by atoms with Gasteiger partial charge in [-0.2, -0.15) is 0 Å². The van der Waals surface area contributed by atoms with E-state index in [1.54, 1.807) is 5.51 Å². The lowest BCUT2D eigenvalue weighted by atomic mass is 9.68. The van der Waals surface area contributed by atoms with Gasteiger partial charge in [0, 0.05) is 6.54 Å². The molecule has 2 aliphatic rings. The van der Waals surface area contributed by atoms with E-state index >= 15 is 0 Å². The summed E-state index contributed by atoms with van der Waals surface area (Å²) in [7, 11) is 0. The molecule has 1 aliphatic heterocycles. The Balaban J connectivity index is 0.00000120. The summed E-state index contributed by atoms with van der Waals surface area (Å²) in [5.74, 6) is 0.619. The minimum absolute atomic E-state index is 0. The molecule has 1 aromatic rings. The molecular weight excluding hydrogens is 272 g/mol. The molecule has 0 unspecified atom stereocenters. The minimum Gasteiger partial charge on any atom is -0.315 e. The molecule has 1 saturated heterocycles. The third-order valence-electron chi connectivity index (χ3n) is 4.07. The molecule has 1 aliphatic carbocycles. The first-order chi connectivity index (χ1) is 8.31. The van der Waals surface area contributed by atoms with Crippen LogP contribution in [0.1, 0.15) is 25.7 Å². The fraction of sp³-hybridized carbons (Fsp3) is 0.727. The van der Waals surface area contributed by atoms with Crippen LogP contribution in [0.3, 0.4) is 0 Å². The van der Waals surface area contributed by atoms with Crippen LogP contribution in [0.5, 0.6) is 0 Å². The summed E-state index contributed by atoms with van der Waals surface area (Å²) in [5.41, 5.74) is 1.43. The van der Waals surface area contributed by atoms with Crippen LogP contribution in [-0.2, 0) is 4.79 Å². The summed E-state index contributed by atoms with van der Waals surface area (Å²) >= 11 is 1.37. The fourth-order valence-electron chi connectivity index (χ4n) is 3.14. The summed E-state index contributed by atoms with van der Waals surface area (Å²) in [5, 5.41) is 14.5. The number of carbonyl (C=O) groups is 1. The molecule has 1 amide bonds. The number of hydrogen-bond donors (Lipinski definition) is 2. The molecule has 7 heteroatoms. The molecule has 18 heavy (non-hydrogen) atoms. The molecule has 2 N–H and O–H groups in total. The molecule has 5 nitrogen and oxygen atoms in total. The van der Waals surface area contributed by atoms with Crippen LogP contribution >= 0.6 is 23.7 Å². The summed E-state index contributed by atoms with van der Waals surface area (Å²) in [6, 6.07) is 0. The van der Waals surface area contributed by atoms with Gasteiger partial charge in [0.25, 0.3) is 0 Å². The van der Waals surface area contributed by atoms with Gasteiger partial charge in [-0.15, -0.1) is 22.6 Å². The number of amides is 1. The topological polar surface area (TPSA) is 66.9 Å². The number of carbonyl (C=O) groups excluding carboxylic acids is 1. The quantitative estimate of drug-likeness (QED) is 0.869. The molecular formula is C11H17ClN4OS. The van der Waals surface area contributed by atoms with E-state index in [0.29, 0.717) is 11.0 Å². The van der Waals surface area contributed by atoms with Crippen LogP contribution in [0.2, 0.25) is 0 Å². The van der Waals surface area contributed by atoms with Crippen LogP contribution in [-0.4, -0.2) is 29.2 Å². The number of anilines is 1. The van der Waals surface area contributed by atoms with Crippen molar-refractivity contribution in [1.82, 2.24) is 15.5 Å². The molecule has 2 heterocycles. The SMILES string of the molecule is Cl.O=C(Nc1nncs1)[C@@]12CCCC[C@H]1CNC2. The Morgan fingerprint density at radius 2 is 2.44 bits per heavy atom. The van der Waals surface area contributed by atoms with Gasteiger partial charge in [-0.3, -0.25) is 10.1 Å². The van der Waals surface area contributed by atoms with Crippen molar-refractivity contribution < 1.29 is 4.79 Å². The molecule has 0 radical (unpaired) electrons. The molecule has 2 fully saturated rings. The van der Waals surface area contributed by atoms with Crippen molar-refractivity contribution in [3.05, 3.63) is 5.51 Å². The second kappa shape index (κ2) is 5.50. The Labute approximate surface area is 116 Å². The highest BCUT2D eigenvalue weighted by atomic mass is 35.5. The molecule has 1 aromatic heterocycles. The van der Waals surface area contributed by atoms with Crippen LogP contribution < -0.4 is 10.6 Å². The van der Waals surface area contributed by atoms with E-state index in [9.17, 15) is 4.79 Å². The van der Waals surface area contributed by atoms with E-state index < -0.39 is 0 Å². The van der Waals surface area contributed by atoms with Crippen molar-refractivity contribution in [3.63, 3.8) is 0 Å². The largest absolute Gasteiger partial charge is 0.315 e. The van der Waals surface area contributed by atoms with Gasteiger partial charge in [-0.25, -0.2) is 0 Å². The minimum atomic E-state index is -0.204. The highest BCUT2D eigenvalue weighted by molar-refractivity contribution is 7.13. The van der Waals surface area contributed by atoms with Gasteiger partial charge in [-0.1, -0.05) is 24.2 Å². The average Bonchev–Trinajstić information content (AvgIpc) is 2.96. The first-order valence-corrected chi connectivity index (χ1v) is 6.97. The number of hydrogen-bond acceptors (Lipinski definition) is 5. The maximum atomic E-state index is 12.5. The molecule has 3 rings (SSSR count). The third-order valence-corrected chi connectivity index (χ3v) is 4.68. The van der Waals surface area contributed by atoms with Crippen molar-refractivity contribution in [3.8, 4) is 0 Å². The second-order valence-electron chi connectivity index (χ2n) is 4.93. The van der Waals surface area contributed by atoms with Gasteiger partial charge in [0.1, 0.15) is 5.51 Å². The van der Waals surface area contributed by atoms with E-state index in [0.717, 1.165) is 32.4 Å². The monoisotopic (exact) mass is 288 g/mol. The van der Waals surface area contributed by atoms with E-state index in [1.165, 1.54) is 17.8 Å². The molecule has 0 bridgehead atoms. The standard InChI is InChI=1S/C11H16N4OS.ClH/c16-9(14-10-15-13-7-17-10)11-4-2-1-3-8(11)5-12-6-11;/h7-8,12H,1-6H2,(H,14,15,16);1H/t8-,11+;/m0./s1. The highest BCUT2D eigenvalue weighted by Gasteiger charge is 2.49. The molecule has 1 saturated carbocycles. The Hall–Kier alpha value is -0.720. The number of aromatic nitrogens is 2. The van der Waals surface area contributed by atoms with Crippen molar-refractivity contribution in [1.29, 1.82) is 0 Å². The van der Waals surface area contributed by atoms with Crippen molar-refractivity contribution in [2.24, 2.45) is 11.3 Å². The van der Waals surface area contributed by atoms with Crippen LogP contribution in [0, 0.1) is 11.3 Å². The Bertz CT molecular complexity index is 413. The number of fused-ring (bicyclic) bond motifs is 1. The predicted molar refractivity (Wildman–Crippen MR) is 73.0 cm³/mol. The van der Waals surface area contributed by atoms with Crippen molar-refractivity contribution in [2.75, 3.05) is 18.4 Å². The van der Waals surface area contributed by atoms with Crippen molar-refractivity contribution in [2.45, 2.75) is 25.7 Å². The van der Waals surface area contributed by atoms with Gasteiger partial charge in [0.15, 0.2) is 0 Å². The Morgan fingerprint density at radius 1 is 1.56 bits per heavy atom. The van der Waals surface area contributed by atoms with Crippen LogP contribution in [0.15, 0.2) is 5.51 Å². The molecule has 100 valence electrons. The summed E-state index contributed by atoms with van der Waals surface area (Å²) in [6.07, 6.45) is 4.56. The number of rotatable bonds is 2. The normalized spacial score (nSPS) is 30.3. The maximum Gasteiger partial charge on any atom is 0.234 e.